The molecule has 0 amide bonds. The summed E-state index contributed by atoms with van der Waals surface area (Å²) in [4.78, 5) is -1.02. The molecule has 2 rings (SSSR count). The Balaban J connectivity index is 2.12. The first kappa shape index (κ1) is 15.4. The van der Waals surface area contributed by atoms with E-state index < -0.39 is 32.3 Å². The molecule has 0 bridgehead atoms. The minimum atomic E-state index is -4.24. The number of sulfone groups is 1. The minimum absolute atomic E-state index is 0.0261. The molecule has 0 radical (unpaired) electrons. The topological polar surface area (TPSA) is 69.4 Å². The van der Waals surface area contributed by atoms with Crippen LogP contribution in [0.1, 0.15) is 5.56 Å². The van der Waals surface area contributed by atoms with E-state index in [0.29, 0.717) is 0 Å². The first-order chi connectivity index (χ1) is 9.90. The second kappa shape index (κ2) is 6.19. The Morgan fingerprint density at radius 3 is 2.19 bits per heavy atom. The van der Waals surface area contributed by atoms with Gasteiger partial charge in [0.15, 0.2) is 5.94 Å². The average molecular weight is 313 g/mol. The average Bonchev–Trinajstić information content (AvgIpc) is 2.38. The zero-order valence-electron chi connectivity index (χ0n) is 10.9. The van der Waals surface area contributed by atoms with E-state index in [1.54, 1.807) is 30.3 Å². The fraction of sp³-hybridized carbons (Fsp3) is 0.143. The van der Waals surface area contributed by atoms with E-state index in [9.17, 15) is 17.2 Å². The third-order valence-electron chi connectivity index (χ3n) is 2.68. The normalized spacial score (nSPS) is 11.5. The summed E-state index contributed by atoms with van der Waals surface area (Å²) in [5.41, 5.74) is 5.81. The van der Waals surface area contributed by atoms with Crippen molar-refractivity contribution in [2.45, 2.75) is 11.5 Å². The summed E-state index contributed by atoms with van der Waals surface area (Å²) in [5, 5.41) is 0. The monoisotopic (exact) mass is 313 g/mol. The van der Waals surface area contributed by atoms with Gasteiger partial charge in [-0.15, -0.1) is 0 Å². The highest BCUT2D eigenvalue weighted by Gasteiger charge is 2.24. The Morgan fingerprint density at radius 2 is 1.62 bits per heavy atom. The van der Waals surface area contributed by atoms with E-state index in [1.165, 1.54) is 0 Å². The Hall–Kier alpha value is -1.99. The zero-order valence-corrected chi connectivity index (χ0v) is 11.7. The predicted octanol–water partition coefficient (Wildman–Crippen LogP) is 2.50. The molecule has 21 heavy (non-hydrogen) atoms. The minimum Gasteiger partial charge on any atom is -0.399 e. The molecule has 0 spiro atoms. The summed E-state index contributed by atoms with van der Waals surface area (Å²) in [7, 11) is -4.24. The van der Waals surface area contributed by atoms with Gasteiger partial charge in [0, 0.05) is 5.69 Å². The SMILES string of the molecule is Nc1cc(F)c(S(=O)(=O)COCc2ccccc2)c(F)c1. The summed E-state index contributed by atoms with van der Waals surface area (Å²) in [6.45, 7) is 0.0261. The lowest BCUT2D eigenvalue weighted by molar-refractivity contribution is 0.162. The molecule has 0 aliphatic rings. The summed E-state index contributed by atoms with van der Waals surface area (Å²) in [6.07, 6.45) is 0. The second-order valence-electron chi connectivity index (χ2n) is 4.38. The number of rotatable bonds is 5. The van der Waals surface area contributed by atoms with Crippen molar-refractivity contribution in [2.75, 3.05) is 11.7 Å². The molecule has 0 saturated carbocycles. The van der Waals surface area contributed by atoms with Crippen molar-refractivity contribution in [3.63, 3.8) is 0 Å². The molecular weight excluding hydrogens is 300 g/mol. The number of nitrogens with two attached hydrogens (primary N) is 1. The first-order valence-electron chi connectivity index (χ1n) is 5.99. The van der Waals surface area contributed by atoms with Gasteiger partial charge < -0.3 is 10.5 Å². The van der Waals surface area contributed by atoms with Crippen LogP contribution in [0, 0.1) is 11.6 Å². The van der Waals surface area contributed by atoms with Crippen LogP contribution in [0.3, 0.4) is 0 Å². The smallest absolute Gasteiger partial charge is 0.208 e. The summed E-state index contributed by atoms with van der Waals surface area (Å²) in [6, 6.07) is 10.4. The van der Waals surface area contributed by atoms with E-state index in [4.69, 9.17) is 10.5 Å². The highest BCUT2D eigenvalue weighted by atomic mass is 32.2. The highest BCUT2D eigenvalue weighted by molar-refractivity contribution is 7.91. The number of nitrogen functional groups attached to an aromatic ring is 1. The zero-order chi connectivity index (χ0) is 15.5. The van der Waals surface area contributed by atoms with Crippen molar-refractivity contribution in [2.24, 2.45) is 0 Å². The third kappa shape index (κ3) is 3.77. The van der Waals surface area contributed by atoms with Crippen molar-refractivity contribution >= 4 is 15.5 Å². The van der Waals surface area contributed by atoms with Crippen molar-refractivity contribution in [1.29, 1.82) is 0 Å². The molecule has 112 valence electrons. The van der Waals surface area contributed by atoms with Gasteiger partial charge in [0.2, 0.25) is 9.84 Å². The van der Waals surface area contributed by atoms with Gasteiger partial charge in [0.1, 0.15) is 16.5 Å². The highest BCUT2D eigenvalue weighted by Crippen LogP contribution is 2.23. The van der Waals surface area contributed by atoms with Crippen LogP contribution in [-0.2, 0) is 21.2 Å². The van der Waals surface area contributed by atoms with Gasteiger partial charge in [-0.1, -0.05) is 30.3 Å². The van der Waals surface area contributed by atoms with Crippen LogP contribution in [0.2, 0.25) is 0 Å². The summed E-state index contributed by atoms with van der Waals surface area (Å²) < 4.78 is 56.1. The molecule has 4 nitrogen and oxygen atoms in total. The molecule has 0 saturated heterocycles. The molecule has 2 aromatic rings. The lowest BCUT2D eigenvalue weighted by atomic mass is 10.2. The molecule has 0 heterocycles. The van der Waals surface area contributed by atoms with Gasteiger partial charge in [-0.25, -0.2) is 17.2 Å². The summed E-state index contributed by atoms with van der Waals surface area (Å²) >= 11 is 0. The lowest BCUT2D eigenvalue weighted by Crippen LogP contribution is -2.14. The van der Waals surface area contributed by atoms with Crippen LogP contribution in [0.15, 0.2) is 47.4 Å². The third-order valence-corrected chi connectivity index (χ3v) is 4.17. The van der Waals surface area contributed by atoms with Gasteiger partial charge in [-0.3, -0.25) is 0 Å². The van der Waals surface area contributed by atoms with E-state index in [2.05, 4.69) is 0 Å². The summed E-state index contributed by atoms with van der Waals surface area (Å²) in [5.74, 6) is -3.27. The second-order valence-corrected chi connectivity index (χ2v) is 6.25. The Bertz CT molecular complexity index is 710. The number of halogens is 2. The van der Waals surface area contributed by atoms with E-state index in [-0.39, 0.29) is 12.3 Å². The van der Waals surface area contributed by atoms with E-state index >= 15 is 0 Å². The molecule has 0 atom stereocenters. The van der Waals surface area contributed by atoms with Crippen molar-refractivity contribution < 1.29 is 21.9 Å². The number of anilines is 1. The maximum atomic E-state index is 13.6. The molecule has 2 aromatic carbocycles. The molecule has 7 heteroatoms. The van der Waals surface area contributed by atoms with E-state index in [1.807, 2.05) is 0 Å². The largest absolute Gasteiger partial charge is 0.399 e. The fourth-order valence-corrected chi connectivity index (χ4v) is 2.91. The molecule has 0 aliphatic carbocycles. The van der Waals surface area contributed by atoms with Crippen molar-refractivity contribution in [3.05, 3.63) is 59.7 Å². The van der Waals surface area contributed by atoms with E-state index in [0.717, 1.165) is 17.7 Å². The Morgan fingerprint density at radius 1 is 1.05 bits per heavy atom. The van der Waals surface area contributed by atoms with Gasteiger partial charge in [0.25, 0.3) is 0 Å². The van der Waals surface area contributed by atoms with Crippen molar-refractivity contribution in [3.8, 4) is 0 Å². The molecule has 0 aromatic heterocycles. The molecule has 0 unspecified atom stereocenters. The number of hydrogen-bond donors (Lipinski definition) is 1. The van der Waals surface area contributed by atoms with Gasteiger partial charge in [0.05, 0.1) is 6.61 Å². The van der Waals surface area contributed by atoms with Gasteiger partial charge in [-0.05, 0) is 17.7 Å². The molecule has 0 aliphatic heterocycles. The number of ether oxygens (including phenoxy) is 1. The number of hydrogen-bond acceptors (Lipinski definition) is 4. The fourth-order valence-electron chi connectivity index (χ4n) is 1.78. The number of benzene rings is 2. The Labute approximate surface area is 121 Å². The van der Waals surface area contributed by atoms with Crippen LogP contribution in [-0.4, -0.2) is 14.4 Å². The van der Waals surface area contributed by atoms with Crippen molar-refractivity contribution in [1.82, 2.24) is 0 Å². The van der Waals surface area contributed by atoms with Crippen LogP contribution in [0.5, 0.6) is 0 Å². The molecular formula is C14H13F2NO3S. The molecule has 2 N–H and O–H groups in total. The van der Waals surface area contributed by atoms with Gasteiger partial charge >= 0.3 is 0 Å². The lowest BCUT2D eigenvalue weighted by Gasteiger charge is -2.09. The Kier molecular flexibility index (Phi) is 4.54. The maximum absolute atomic E-state index is 13.6. The predicted molar refractivity (Wildman–Crippen MR) is 74.1 cm³/mol. The molecule has 0 fully saturated rings. The van der Waals surface area contributed by atoms with Crippen LogP contribution in [0.25, 0.3) is 0 Å². The first-order valence-corrected chi connectivity index (χ1v) is 7.64. The maximum Gasteiger partial charge on any atom is 0.208 e. The van der Waals surface area contributed by atoms with Crippen LogP contribution in [0.4, 0.5) is 14.5 Å². The van der Waals surface area contributed by atoms with Gasteiger partial charge in [-0.2, -0.15) is 0 Å². The van der Waals surface area contributed by atoms with Crippen LogP contribution >= 0.6 is 0 Å². The quantitative estimate of drug-likeness (QED) is 0.861. The standard InChI is InChI=1S/C14H13F2NO3S/c15-12-6-11(17)7-13(16)14(12)21(18,19)9-20-8-10-4-2-1-3-5-10/h1-7H,8-9,17H2. The van der Waals surface area contributed by atoms with Crippen LogP contribution < -0.4 is 5.73 Å².